The van der Waals surface area contributed by atoms with E-state index in [2.05, 4.69) is 0 Å². The fourth-order valence-corrected chi connectivity index (χ4v) is 1.43. The Morgan fingerprint density at radius 1 is 1.36 bits per heavy atom. The summed E-state index contributed by atoms with van der Waals surface area (Å²) in [7, 11) is 0. The number of ether oxygens (including phenoxy) is 2. The predicted octanol–water partition coefficient (Wildman–Crippen LogP) is 2.15. The highest BCUT2D eigenvalue weighted by Crippen LogP contribution is 2.31. The average Bonchev–Trinajstić information content (AvgIpc) is 2.35. The molecule has 0 radical (unpaired) electrons. The van der Waals surface area contributed by atoms with E-state index in [0.717, 1.165) is 6.42 Å². The van der Waals surface area contributed by atoms with Crippen LogP contribution in [0.15, 0.2) is 24.3 Å². The highest BCUT2D eigenvalue weighted by atomic mass is 16.6. The fraction of sp³-hybridized carbons (Fsp3) is 0.364. The van der Waals surface area contributed by atoms with Crippen LogP contribution < -0.4 is 9.47 Å². The first-order chi connectivity index (χ1) is 6.79. The van der Waals surface area contributed by atoms with Gasteiger partial charge < -0.3 is 9.47 Å². The summed E-state index contributed by atoms with van der Waals surface area (Å²) in [5, 5.41) is 0. The van der Waals surface area contributed by atoms with Gasteiger partial charge in [0.2, 0.25) is 0 Å². The molecule has 2 rings (SSSR count). The standard InChI is InChI=1S/C11H12O3/c1-2-8-7-11(12)14-10-6-4-3-5-9(10)13-8/h3-6,8H,2,7H2,1H3/t8-/m1/s1. The number of para-hydroxylation sites is 2. The molecule has 1 atom stereocenters. The fourth-order valence-electron chi connectivity index (χ4n) is 1.43. The van der Waals surface area contributed by atoms with E-state index in [1.165, 1.54) is 0 Å². The van der Waals surface area contributed by atoms with E-state index in [1.807, 2.05) is 25.1 Å². The Morgan fingerprint density at radius 2 is 2.07 bits per heavy atom. The van der Waals surface area contributed by atoms with Crippen LogP contribution in [0, 0.1) is 0 Å². The molecule has 74 valence electrons. The van der Waals surface area contributed by atoms with E-state index in [4.69, 9.17) is 9.47 Å². The first-order valence-corrected chi connectivity index (χ1v) is 4.76. The third kappa shape index (κ3) is 1.71. The van der Waals surface area contributed by atoms with Crippen molar-refractivity contribution in [3.05, 3.63) is 24.3 Å². The van der Waals surface area contributed by atoms with Crippen LogP contribution in [0.4, 0.5) is 0 Å². The van der Waals surface area contributed by atoms with Crippen molar-refractivity contribution >= 4 is 5.97 Å². The van der Waals surface area contributed by atoms with Crippen LogP contribution in [0.2, 0.25) is 0 Å². The Bertz CT molecular complexity index is 346. The second-order valence-electron chi connectivity index (χ2n) is 3.27. The molecule has 0 spiro atoms. The van der Waals surface area contributed by atoms with Crippen LogP contribution in [0.1, 0.15) is 19.8 Å². The number of rotatable bonds is 1. The lowest BCUT2D eigenvalue weighted by atomic mass is 10.2. The Labute approximate surface area is 82.6 Å². The van der Waals surface area contributed by atoms with Crippen LogP contribution in [0.25, 0.3) is 0 Å². The zero-order chi connectivity index (χ0) is 9.97. The van der Waals surface area contributed by atoms with Gasteiger partial charge in [-0.05, 0) is 18.6 Å². The van der Waals surface area contributed by atoms with Crippen molar-refractivity contribution in [2.75, 3.05) is 0 Å². The van der Waals surface area contributed by atoms with E-state index in [1.54, 1.807) is 6.07 Å². The summed E-state index contributed by atoms with van der Waals surface area (Å²) in [6.07, 6.45) is 1.07. The van der Waals surface area contributed by atoms with E-state index in [-0.39, 0.29) is 12.1 Å². The largest absolute Gasteiger partial charge is 0.486 e. The maximum absolute atomic E-state index is 11.3. The topological polar surface area (TPSA) is 35.5 Å². The Morgan fingerprint density at radius 3 is 2.79 bits per heavy atom. The zero-order valence-electron chi connectivity index (χ0n) is 8.03. The Kier molecular flexibility index (Phi) is 2.39. The number of benzene rings is 1. The van der Waals surface area contributed by atoms with Gasteiger partial charge in [0.1, 0.15) is 6.10 Å². The molecule has 0 saturated heterocycles. The molecule has 14 heavy (non-hydrogen) atoms. The van der Waals surface area contributed by atoms with Gasteiger partial charge in [0, 0.05) is 0 Å². The molecule has 0 aliphatic carbocycles. The van der Waals surface area contributed by atoms with Gasteiger partial charge in [-0.1, -0.05) is 19.1 Å². The summed E-state index contributed by atoms with van der Waals surface area (Å²) in [6, 6.07) is 7.24. The summed E-state index contributed by atoms with van der Waals surface area (Å²) in [4.78, 5) is 11.3. The minimum atomic E-state index is -0.221. The summed E-state index contributed by atoms with van der Waals surface area (Å²) >= 11 is 0. The molecule has 0 bridgehead atoms. The Balaban J connectivity index is 2.32. The molecule has 0 aromatic heterocycles. The van der Waals surface area contributed by atoms with Crippen molar-refractivity contribution in [1.29, 1.82) is 0 Å². The van der Waals surface area contributed by atoms with Crippen LogP contribution in [-0.4, -0.2) is 12.1 Å². The van der Waals surface area contributed by atoms with Gasteiger partial charge in [-0.2, -0.15) is 0 Å². The summed E-state index contributed by atoms with van der Waals surface area (Å²) in [5.41, 5.74) is 0. The molecule has 0 saturated carbocycles. The molecule has 1 aliphatic heterocycles. The van der Waals surface area contributed by atoms with Crippen molar-refractivity contribution in [2.45, 2.75) is 25.9 Å². The predicted molar refractivity (Wildman–Crippen MR) is 51.4 cm³/mol. The second kappa shape index (κ2) is 3.70. The van der Waals surface area contributed by atoms with Crippen molar-refractivity contribution in [1.82, 2.24) is 0 Å². The van der Waals surface area contributed by atoms with Crippen LogP contribution in [0.3, 0.4) is 0 Å². The second-order valence-corrected chi connectivity index (χ2v) is 3.27. The molecule has 3 nitrogen and oxygen atoms in total. The van der Waals surface area contributed by atoms with Gasteiger partial charge in [-0.15, -0.1) is 0 Å². The minimum absolute atomic E-state index is 0.0638. The molecule has 1 aliphatic rings. The SMILES string of the molecule is CC[C@@H]1CC(=O)Oc2ccccc2O1. The molecule has 0 N–H and O–H groups in total. The normalized spacial score (nSPS) is 20.4. The average molecular weight is 192 g/mol. The summed E-state index contributed by atoms with van der Waals surface area (Å²) < 4.78 is 10.8. The number of hydrogen-bond acceptors (Lipinski definition) is 3. The first-order valence-electron chi connectivity index (χ1n) is 4.76. The smallest absolute Gasteiger partial charge is 0.315 e. The molecule has 0 amide bonds. The van der Waals surface area contributed by atoms with Gasteiger partial charge in [-0.3, -0.25) is 4.79 Å². The molecule has 1 aromatic rings. The zero-order valence-corrected chi connectivity index (χ0v) is 8.03. The molecule has 0 fully saturated rings. The van der Waals surface area contributed by atoms with Gasteiger partial charge in [0.25, 0.3) is 0 Å². The first kappa shape index (κ1) is 9.06. The minimum Gasteiger partial charge on any atom is -0.486 e. The highest BCUT2D eigenvalue weighted by Gasteiger charge is 2.22. The monoisotopic (exact) mass is 192 g/mol. The van der Waals surface area contributed by atoms with Gasteiger partial charge in [-0.25, -0.2) is 0 Å². The third-order valence-corrected chi connectivity index (χ3v) is 2.22. The maximum Gasteiger partial charge on any atom is 0.315 e. The van der Waals surface area contributed by atoms with Gasteiger partial charge in [0.15, 0.2) is 11.5 Å². The molecule has 1 heterocycles. The third-order valence-electron chi connectivity index (χ3n) is 2.22. The molecule has 0 unspecified atom stereocenters. The number of carbonyl (C=O) groups is 1. The lowest BCUT2D eigenvalue weighted by molar-refractivity contribution is -0.135. The lowest BCUT2D eigenvalue weighted by Crippen LogP contribution is -2.19. The van der Waals surface area contributed by atoms with Crippen molar-refractivity contribution < 1.29 is 14.3 Å². The maximum atomic E-state index is 11.3. The van der Waals surface area contributed by atoms with Crippen LogP contribution in [-0.2, 0) is 4.79 Å². The summed E-state index contributed by atoms with van der Waals surface area (Å²) in [5.74, 6) is 0.959. The van der Waals surface area contributed by atoms with E-state index in [0.29, 0.717) is 17.9 Å². The lowest BCUT2D eigenvalue weighted by Gasteiger charge is -2.12. The van der Waals surface area contributed by atoms with Crippen molar-refractivity contribution in [3.8, 4) is 11.5 Å². The van der Waals surface area contributed by atoms with E-state index < -0.39 is 0 Å². The van der Waals surface area contributed by atoms with Crippen LogP contribution >= 0.6 is 0 Å². The Hall–Kier alpha value is -1.51. The molecule has 3 heteroatoms. The van der Waals surface area contributed by atoms with Crippen molar-refractivity contribution in [3.63, 3.8) is 0 Å². The number of hydrogen-bond donors (Lipinski definition) is 0. The van der Waals surface area contributed by atoms with Crippen LogP contribution in [0.5, 0.6) is 11.5 Å². The quantitative estimate of drug-likeness (QED) is 0.505. The van der Waals surface area contributed by atoms with Gasteiger partial charge >= 0.3 is 5.97 Å². The molecular formula is C11H12O3. The summed E-state index contributed by atoms with van der Waals surface area (Å²) in [6.45, 7) is 1.99. The van der Waals surface area contributed by atoms with Gasteiger partial charge in [0.05, 0.1) is 6.42 Å². The van der Waals surface area contributed by atoms with E-state index >= 15 is 0 Å². The molecule has 1 aromatic carbocycles. The molecular weight excluding hydrogens is 180 g/mol. The number of fused-ring (bicyclic) bond motifs is 1. The van der Waals surface area contributed by atoms with Crippen molar-refractivity contribution in [2.24, 2.45) is 0 Å². The number of carbonyl (C=O) groups excluding carboxylic acids is 1. The van der Waals surface area contributed by atoms with E-state index in [9.17, 15) is 4.79 Å². The number of esters is 1. The highest BCUT2D eigenvalue weighted by molar-refractivity contribution is 5.74.